The molecular weight excluding hydrogens is 260 g/mol. The Labute approximate surface area is 111 Å². The molecule has 1 heterocycles. The minimum atomic E-state index is -0.809. The quantitative estimate of drug-likeness (QED) is 0.883. The first-order valence-corrected chi connectivity index (χ1v) is 6.71. The molecule has 0 aliphatic carbocycles. The van der Waals surface area contributed by atoms with E-state index in [9.17, 15) is 4.39 Å². The molecule has 1 atom stereocenters. The van der Waals surface area contributed by atoms with Gasteiger partial charge in [0.25, 0.3) is 0 Å². The van der Waals surface area contributed by atoms with Crippen LogP contribution >= 0.6 is 23.2 Å². The van der Waals surface area contributed by atoms with E-state index in [-0.39, 0.29) is 5.92 Å². The van der Waals surface area contributed by atoms with E-state index in [0.29, 0.717) is 16.5 Å². The first kappa shape index (κ1) is 13.1. The van der Waals surface area contributed by atoms with Crippen LogP contribution in [0, 0.1) is 5.92 Å². The number of halogens is 3. The molecule has 0 spiro atoms. The third-order valence-corrected chi connectivity index (χ3v) is 3.91. The maximum atomic E-state index is 14.1. The van der Waals surface area contributed by atoms with Crippen molar-refractivity contribution in [2.45, 2.75) is 25.4 Å². The average Bonchev–Trinajstić information content (AvgIpc) is 2.34. The number of piperidine rings is 1. The Morgan fingerprint density at radius 3 is 2.65 bits per heavy atom. The molecule has 1 aliphatic rings. The van der Waals surface area contributed by atoms with Crippen molar-refractivity contribution in [3.05, 3.63) is 33.8 Å². The number of nitrogens with one attached hydrogen (secondary N) is 1. The third kappa shape index (κ3) is 3.57. The fourth-order valence-corrected chi connectivity index (χ4v) is 2.76. The average molecular weight is 276 g/mol. The third-order valence-electron chi connectivity index (χ3n) is 3.33. The van der Waals surface area contributed by atoms with E-state index in [2.05, 4.69) is 5.32 Å². The van der Waals surface area contributed by atoms with Crippen LogP contribution in [0.15, 0.2) is 18.2 Å². The van der Waals surface area contributed by atoms with Crippen molar-refractivity contribution in [2.75, 3.05) is 13.1 Å². The van der Waals surface area contributed by atoms with Crippen LogP contribution in [0.25, 0.3) is 0 Å². The first-order chi connectivity index (χ1) is 8.16. The van der Waals surface area contributed by atoms with Crippen molar-refractivity contribution in [3.63, 3.8) is 0 Å². The number of hydrogen-bond acceptors (Lipinski definition) is 1. The van der Waals surface area contributed by atoms with Gasteiger partial charge in [-0.2, -0.15) is 0 Å². The van der Waals surface area contributed by atoms with Crippen molar-refractivity contribution < 1.29 is 4.39 Å². The van der Waals surface area contributed by atoms with Gasteiger partial charge in [0.1, 0.15) is 6.17 Å². The van der Waals surface area contributed by atoms with E-state index in [1.54, 1.807) is 12.1 Å². The second-order valence-electron chi connectivity index (χ2n) is 4.54. The summed E-state index contributed by atoms with van der Waals surface area (Å²) in [6.07, 6.45) is 1.40. The van der Waals surface area contributed by atoms with Crippen LogP contribution in [0.3, 0.4) is 0 Å². The Bertz CT molecular complexity index is 378. The van der Waals surface area contributed by atoms with Gasteiger partial charge in [0.2, 0.25) is 0 Å². The van der Waals surface area contributed by atoms with Gasteiger partial charge in [0.05, 0.1) is 0 Å². The summed E-state index contributed by atoms with van der Waals surface area (Å²) in [5, 5.41) is 4.40. The molecule has 0 radical (unpaired) electrons. The van der Waals surface area contributed by atoms with Gasteiger partial charge in [-0.05, 0) is 49.5 Å². The summed E-state index contributed by atoms with van der Waals surface area (Å²) in [4.78, 5) is 0. The molecule has 0 saturated carbocycles. The van der Waals surface area contributed by atoms with Crippen molar-refractivity contribution in [3.8, 4) is 0 Å². The molecule has 1 fully saturated rings. The van der Waals surface area contributed by atoms with E-state index < -0.39 is 6.17 Å². The van der Waals surface area contributed by atoms with E-state index in [4.69, 9.17) is 23.2 Å². The standard InChI is InChI=1S/C13H16Cl2FN/c14-11-2-1-10(12(15)8-11)7-13(16)9-3-5-17-6-4-9/h1-2,8-9,13,17H,3-7H2. The highest BCUT2D eigenvalue weighted by molar-refractivity contribution is 6.35. The summed E-state index contributed by atoms with van der Waals surface area (Å²) in [7, 11) is 0. The summed E-state index contributed by atoms with van der Waals surface area (Å²) in [5.74, 6) is 0.156. The van der Waals surface area contributed by atoms with Crippen molar-refractivity contribution in [2.24, 2.45) is 5.92 Å². The monoisotopic (exact) mass is 275 g/mol. The van der Waals surface area contributed by atoms with Crippen LogP contribution < -0.4 is 5.32 Å². The molecule has 17 heavy (non-hydrogen) atoms. The summed E-state index contributed by atoms with van der Waals surface area (Å²) in [6.45, 7) is 1.83. The van der Waals surface area contributed by atoms with E-state index >= 15 is 0 Å². The van der Waals surface area contributed by atoms with Gasteiger partial charge in [-0.25, -0.2) is 4.39 Å². The molecule has 1 nitrogen and oxygen atoms in total. The van der Waals surface area contributed by atoms with Crippen LogP contribution in [-0.2, 0) is 6.42 Å². The second-order valence-corrected chi connectivity index (χ2v) is 5.39. The Kier molecular flexibility index (Phi) is 4.66. The minimum Gasteiger partial charge on any atom is -0.317 e. The topological polar surface area (TPSA) is 12.0 Å². The van der Waals surface area contributed by atoms with Crippen molar-refractivity contribution >= 4 is 23.2 Å². The Balaban J connectivity index is 1.99. The Hall–Kier alpha value is -0.310. The first-order valence-electron chi connectivity index (χ1n) is 5.95. The van der Waals surface area contributed by atoms with Gasteiger partial charge in [0.15, 0.2) is 0 Å². The SMILES string of the molecule is FC(Cc1ccc(Cl)cc1Cl)C1CCNCC1. The fraction of sp³-hybridized carbons (Fsp3) is 0.538. The molecule has 0 aromatic heterocycles. The van der Waals surface area contributed by atoms with E-state index in [1.165, 1.54) is 0 Å². The Morgan fingerprint density at radius 2 is 2.00 bits per heavy atom. The maximum absolute atomic E-state index is 14.1. The largest absolute Gasteiger partial charge is 0.317 e. The molecule has 0 bridgehead atoms. The van der Waals surface area contributed by atoms with Crippen LogP contribution in [0.1, 0.15) is 18.4 Å². The number of rotatable bonds is 3. The summed E-state index contributed by atoms with van der Waals surface area (Å²) < 4.78 is 14.1. The second kappa shape index (κ2) is 6.03. The molecule has 0 amide bonds. The zero-order valence-electron chi connectivity index (χ0n) is 9.56. The van der Waals surface area contributed by atoms with Gasteiger partial charge in [-0.1, -0.05) is 29.3 Å². The molecule has 1 aliphatic heterocycles. The molecule has 1 N–H and O–H groups in total. The predicted octanol–water partition coefficient (Wildman–Crippen LogP) is 3.87. The van der Waals surface area contributed by atoms with Gasteiger partial charge < -0.3 is 5.32 Å². The number of hydrogen-bond donors (Lipinski definition) is 1. The fourth-order valence-electron chi connectivity index (χ4n) is 2.27. The molecule has 1 aromatic rings. The van der Waals surface area contributed by atoms with Crippen LogP contribution in [0.5, 0.6) is 0 Å². The Morgan fingerprint density at radius 1 is 1.29 bits per heavy atom. The number of alkyl halides is 1. The van der Waals surface area contributed by atoms with Gasteiger partial charge in [-0.3, -0.25) is 0 Å². The lowest BCUT2D eigenvalue weighted by Gasteiger charge is -2.26. The summed E-state index contributed by atoms with van der Waals surface area (Å²) in [5.41, 5.74) is 0.849. The molecule has 1 saturated heterocycles. The van der Waals surface area contributed by atoms with E-state index in [1.807, 2.05) is 6.07 Å². The molecular formula is C13H16Cl2FN. The van der Waals surface area contributed by atoms with Crippen LogP contribution in [-0.4, -0.2) is 19.3 Å². The van der Waals surface area contributed by atoms with Crippen molar-refractivity contribution in [1.29, 1.82) is 0 Å². The summed E-state index contributed by atoms with van der Waals surface area (Å²) in [6, 6.07) is 5.25. The number of benzene rings is 1. The van der Waals surface area contributed by atoms with Gasteiger partial charge in [0, 0.05) is 16.5 Å². The normalized spacial score (nSPS) is 19.2. The van der Waals surface area contributed by atoms with Crippen molar-refractivity contribution in [1.82, 2.24) is 5.32 Å². The van der Waals surface area contributed by atoms with Crippen LogP contribution in [0.4, 0.5) is 4.39 Å². The zero-order valence-corrected chi connectivity index (χ0v) is 11.1. The van der Waals surface area contributed by atoms with E-state index in [0.717, 1.165) is 31.5 Å². The summed E-state index contributed by atoms with van der Waals surface area (Å²) >= 11 is 11.9. The smallest absolute Gasteiger partial charge is 0.107 e. The minimum absolute atomic E-state index is 0.156. The highest BCUT2D eigenvalue weighted by atomic mass is 35.5. The lowest BCUT2D eigenvalue weighted by molar-refractivity contribution is 0.187. The molecule has 1 unspecified atom stereocenters. The maximum Gasteiger partial charge on any atom is 0.107 e. The van der Waals surface area contributed by atoms with Crippen LogP contribution in [0.2, 0.25) is 10.0 Å². The molecule has 94 valence electrons. The van der Waals surface area contributed by atoms with Gasteiger partial charge in [-0.15, -0.1) is 0 Å². The molecule has 4 heteroatoms. The lowest BCUT2D eigenvalue weighted by atomic mass is 9.89. The predicted molar refractivity (Wildman–Crippen MR) is 70.7 cm³/mol. The lowest BCUT2D eigenvalue weighted by Crippen LogP contribution is -2.33. The highest BCUT2D eigenvalue weighted by Crippen LogP contribution is 2.27. The van der Waals surface area contributed by atoms with Gasteiger partial charge >= 0.3 is 0 Å². The zero-order chi connectivity index (χ0) is 12.3. The highest BCUT2D eigenvalue weighted by Gasteiger charge is 2.23. The molecule has 1 aromatic carbocycles. The molecule has 2 rings (SSSR count).